The van der Waals surface area contributed by atoms with E-state index in [1.807, 2.05) is 0 Å². The van der Waals surface area contributed by atoms with Crippen LogP contribution in [0.2, 0.25) is 0 Å². The van der Waals surface area contributed by atoms with Crippen LogP contribution in [0.5, 0.6) is 5.75 Å². The Balaban J connectivity index is 2.36. The molecule has 1 aromatic rings. The van der Waals surface area contributed by atoms with E-state index >= 15 is 0 Å². The minimum absolute atomic E-state index is 0.252. The van der Waals surface area contributed by atoms with Crippen molar-refractivity contribution < 1.29 is 4.74 Å². The molecule has 0 aromatic heterocycles. The van der Waals surface area contributed by atoms with Crippen LogP contribution in [-0.4, -0.2) is 19.7 Å². The molecule has 0 radical (unpaired) electrons. The first-order valence-corrected chi connectivity index (χ1v) is 7.38. The normalized spacial score (nSPS) is 26.3. The summed E-state index contributed by atoms with van der Waals surface area (Å²) >= 11 is 0. The average molecular weight is 261 g/mol. The van der Waals surface area contributed by atoms with Crippen molar-refractivity contribution in [3.63, 3.8) is 0 Å². The Bertz CT molecular complexity index is 441. The van der Waals surface area contributed by atoms with Gasteiger partial charge in [0.05, 0.1) is 7.11 Å². The third-order valence-corrected chi connectivity index (χ3v) is 4.68. The zero-order valence-electron chi connectivity index (χ0n) is 12.9. The Morgan fingerprint density at radius 3 is 2.63 bits per heavy atom. The van der Waals surface area contributed by atoms with Crippen LogP contribution in [0.4, 0.5) is 0 Å². The molecule has 2 atom stereocenters. The number of nitrogens with one attached hydrogen (secondary N) is 1. The highest BCUT2D eigenvalue weighted by atomic mass is 16.5. The van der Waals surface area contributed by atoms with Crippen LogP contribution < -0.4 is 10.1 Å². The lowest BCUT2D eigenvalue weighted by Gasteiger charge is -2.50. The molecule has 106 valence electrons. The number of benzene rings is 1. The van der Waals surface area contributed by atoms with E-state index in [0.717, 1.165) is 18.2 Å². The van der Waals surface area contributed by atoms with Crippen LogP contribution in [0.1, 0.15) is 44.7 Å². The van der Waals surface area contributed by atoms with Gasteiger partial charge in [0.25, 0.3) is 0 Å². The van der Waals surface area contributed by atoms with Crippen LogP contribution in [0, 0.1) is 12.8 Å². The van der Waals surface area contributed by atoms with E-state index in [0.29, 0.717) is 6.04 Å². The van der Waals surface area contributed by atoms with Gasteiger partial charge in [-0.25, -0.2) is 0 Å². The van der Waals surface area contributed by atoms with E-state index in [1.54, 1.807) is 7.11 Å². The molecule has 2 unspecified atom stereocenters. The van der Waals surface area contributed by atoms with Gasteiger partial charge < -0.3 is 10.1 Å². The van der Waals surface area contributed by atoms with Gasteiger partial charge in [0.1, 0.15) is 5.75 Å². The third kappa shape index (κ3) is 2.64. The molecular formula is C17H27NO. The van der Waals surface area contributed by atoms with Crippen molar-refractivity contribution in [2.45, 2.75) is 52.0 Å². The van der Waals surface area contributed by atoms with Gasteiger partial charge in [0.2, 0.25) is 0 Å². The van der Waals surface area contributed by atoms with Gasteiger partial charge in [0.15, 0.2) is 0 Å². The summed E-state index contributed by atoms with van der Waals surface area (Å²) in [5, 5.41) is 3.63. The van der Waals surface area contributed by atoms with Gasteiger partial charge in [-0.05, 0) is 31.7 Å². The highest BCUT2D eigenvalue weighted by Crippen LogP contribution is 2.51. The van der Waals surface area contributed by atoms with Gasteiger partial charge >= 0.3 is 0 Å². The molecule has 2 rings (SSSR count). The molecule has 0 heterocycles. The van der Waals surface area contributed by atoms with Gasteiger partial charge in [-0.2, -0.15) is 0 Å². The maximum Gasteiger partial charge on any atom is 0.122 e. The Kier molecular flexibility index (Phi) is 4.19. The fourth-order valence-corrected chi connectivity index (χ4v) is 3.14. The largest absolute Gasteiger partial charge is 0.496 e. The molecule has 1 N–H and O–H groups in total. The summed E-state index contributed by atoms with van der Waals surface area (Å²) in [6.45, 7) is 10.0. The second-order valence-electron chi connectivity index (χ2n) is 6.34. The Morgan fingerprint density at radius 2 is 2.16 bits per heavy atom. The highest BCUT2D eigenvalue weighted by molar-refractivity contribution is 5.44. The highest BCUT2D eigenvalue weighted by Gasteiger charge is 2.46. The second-order valence-corrected chi connectivity index (χ2v) is 6.34. The minimum atomic E-state index is 0.252. The summed E-state index contributed by atoms with van der Waals surface area (Å²) in [5.41, 5.74) is 2.96. The van der Waals surface area contributed by atoms with Gasteiger partial charge in [-0.15, -0.1) is 0 Å². The second kappa shape index (κ2) is 5.54. The Morgan fingerprint density at radius 1 is 1.42 bits per heavy atom. The molecule has 1 aromatic carbocycles. The fraction of sp³-hybridized carbons (Fsp3) is 0.647. The molecule has 1 fully saturated rings. The quantitative estimate of drug-likeness (QED) is 0.873. The first kappa shape index (κ1) is 14.4. The van der Waals surface area contributed by atoms with Crippen molar-refractivity contribution in [3.05, 3.63) is 29.3 Å². The standard InChI is InChI=1S/C17H27NO/c1-12(2)18-11-17(9-8-14(17)4)15-10-13(3)6-7-16(15)19-5/h6-7,10,12,14,18H,8-9,11H2,1-5H3. The lowest BCUT2D eigenvalue weighted by atomic mass is 9.57. The maximum atomic E-state index is 5.61. The molecule has 1 aliphatic rings. The third-order valence-electron chi connectivity index (χ3n) is 4.68. The lowest BCUT2D eigenvalue weighted by Crippen LogP contribution is -2.51. The van der Waals surface area contributed by atoms with Crippen LogP contribution >= 0.6 is 0 Å². The maximum absolute atomic E-state index is 5.61. The fourth-order valence-electron chi connectivity index (χ4n) is 3.14. The van der Waals surface area contributed by atoms with Gasteiger partial charge in [-0.3, -0.25) is 0 Å². The van der Waals surface area contributed by atoms with Crippen molar-refractivity contribution >= 4 is 0 Å². The summed E-state index contributed by atoms with van der Waals surface area (Å²) < 4.78 is 5.61. The zero-order chi connectivity index (χ0) is 14.0. The number of hydrogen-bond acceptors (Lipinski definition) is 2. The van der Waals surface area contributed by atoms with E-state index in [2.05, 4.69) is 51.2 Å². The van der Waals surface area contributed by atoms with Crippen molar-refractivity contribution in [2.75, 3.05) is 13.7 Å². The van der Waals surface area contributed by atoms with Crippen molar-refractivity contribution in [1.29, 1.82) is 0 Å². The molecule has 2 nitrogen and oxygen atoms in total. The van der Waals surface area contributed by atoms with Crippen molar-refractivity contribution in [2.24, 2.45) is 5.92 Å². The molecule has 2 heteroatoms. The van der Waals surface area contributed by atoms with E-state index in [4.69, 9.17) is 4.74 Å². The SMILES string of the molecule is COc1ccc(C)cc1C1(CNC(C)C)CCC1C. The molecule has 0 amide bonds. The van der Waals surface area contributed by atoms with E-state index in [9.17, 15) is 0 Å². The lowest BCUT2D eigenvalue weighted by molar-refractivity contribution is 0.127. The predicted molar refractivity (Wildman–Crippen MR) is 80.9 cm³/mol. The Hall–Kier alpha value is -1.02. The first-order chi connectivity index (χ1) is 8.99. The summed E-state index contributed by atoms with van der Waals surface area (Å²) in [4.78, 5) is 0. The molecule has 0 spiro atoms. The predicted octanol–water partition coefficient (Wildman–Crippen LogP) is 3.67. The topological polar surface area (TPSA) is 21.3 Å². The molecule has 0 saturated heterocycles. The van der Waals surface area contributed by atoms with Gasteiger partial charge in [-0.1, -0.05) is 38.5 Å². The molecular weight excluding hydrogens is 234 g/mol. The summed E-state index contributed by atoms with van der Waals surface area (Å²) in [7, 11) is 1.78. The van der Waals surface area contributed by atoms with Crippen molar-refractivity contribution in [3.8, 4) is 5.75 Å². The zero-order valence-corrected chi connectivity index (χ0v) is 12.9. The first-order valence-electron chi connectivity index (χ1n) is 7.38. The number of hydrogen-bond donors (Lipinski definition) is 1. The number of aryl methyl sites for hydroxylation is 1. The molecule has 0 aliphatic heterocycles. The molecule has 1 saturated carbocycles. The molecule has 19 heavy (non-hydrogen) atoms. The van der Waals surface area contributed by atoms with Crippen LogP contribution in [0.3, 0.4) is 0 Å². The number of methoxy groups -OCH3 is 1. The monoisotopic (exact) mass is 261 g/mol. The Labute approximate surface area is 117 Å². The minimum Gasteiger partial charge on any atom is -0.496 e. The van der Waals surface area contributed by atoms with E-state index in [1.165, 1.54) is 24.0 Å². The average Bonchev–Trinajstić information content (AvgIpc) is 2.37. The smallest absolute Gasteiger partial charge is 0.122 e. The van der Waals surface area contributed by atoms with Crippen LogP contribution in [0.25, 0.3) is 0 Å². The summed E-state index contributed by atoms with van der Waals surface area (Å²) in [6, 6.07) is 7.10. The summed E-state index contributed by atoms with van der Waals surface area (Å²) in [5.74, 6) is 1.76. The molecule has 1 aliphatic carbocycles. The van der Waals surface area contributed by atoms with Crippen LogP contribution in [0.15, 0.2) is 18.2 Å². The molecule has 0 bridgehead atoms. The number of rotatable bonds is 5. The van der Waals surface area contributed by atoms with E-state index < -0.39 is 0 Å². The summed E-state index contributed by atoms with van der Waals surface area (Å²) in [6.07, 6.45) is 2.57. The van der Waals surface area contributed by atoms with Gasteiger partial charge in [0, 0.05) is 23.6 Å². The van der Waals surface area contributed by atoms with Crippen LogP contribution in [-0.2, 0) is 5.41 Å². The number of ether oxygens (including phenoxy) is 1. The van der Waals surface area contributed by atoms with Crippen molar-refractivity contribution in [1.82, 2.24) is 5.32 Å². The van der Waals surface area contributed by atoms with E-state index in [-0.39, 0.29) is 5.41 Å².